The van der Waals surface area contributed by atoms with E-state index in [0.29, 0.717) is 11.7 Å². The van der Waals surface area contributed by atoms with Crippen molar-refractivity contribution in [1.82, 2.24) is 0 Å². The molecule has 0 atom stereocenters. The average molecular weight is 127 g/mol. The molecule has 2 nitrogen and oxygen atoms in total. The van der Waals surface area contributed by atoms with Gasteiger partial charge in [0.05, 0.1) is 0 Å². The topological polar surface area (TPSA) is 26.3 Å². The van der Waals surface area contributed by atoms with Gasteiger partial charge in [-0.1, -0.05) is 13.8 Å². The van der Waals surface area contributed by atoms with Crippen LogP contribution in [0, 0.1) is 5.92 Å². The normalized spacial score (nSPS) is 11.8. The number of carbonyl (C=O) groups excluding carboxylic acids is 1. The summed E-state index contributed by atoms with van der Waals surface area (Å²) >= 11 is 0. The maximum absolute atomic E-state index is 9.61. The first kappa shape index (κ1) is 8.21. The minimum atomic E-state index is 0.415. The quantitative estimate of drug-likeness (QED) is 0.538. The summed E-state index contributed by atoms with van der Waals surface area (Å²) in [5, 5.41) is 0. The molecule has 0 aliphatic rings. The van der Waals surface area contributed by atoms with Crippen LogP contribution in [0.25, 0.3) is 0 Å². The predicted octanol–water partition coefficient (Wildman–Crippen LogP) is 1.63. The van der Waals surface area contributed by atoms with Crippen molar-refractivity contribution in [2.24, 2.45) is 5.92 Å². The van der Waals surface area contributed by atoms with E-state index in [-0.39, 0.29) is 0 Å². The van der Waals surface area contributed by atoms with Crippen molar-refractivity contribution in [3.05, 3.63) is 11.8 Å². The Labute approximate surface area is 55.5 Å². The molecule has 0 aromatic rings. The summed E-state index contributed by atoms with van der Waals surface area (Å²) in [7, 11) is 0. The Morgan fingerprint density at radius 2 is 2.22 bits per heavy atom. The van der Waals surface area contributed by atoms with Crippen LogP contribution < -0.4 is 0 Å². The number of ether oxygens (including phenoxy) is 1. The van der Waals surface area contributed by atoms with Crippen molar-refractivity contribution in [2.75, 3.05) is 0 Å². The van der Waals surface area contributed by atoms with E-state index in [9.17, 15) is 4.79 Å². The highest BCUT2D eigenvalue weighted by Gasteiger charge is 1.90. The van der Waals surface area contributed by atoms with E-state index in [4.69, 9.17) is 0 Å². The second-order valence-electron chi connectivity index (χ2n) is 2.21. The van der Waals surface area contributed by atoms with Crippen molar-refractivity contribution in [3.8, 4) is 0 Å². The summed E-state index contributed by atoms with van der Waals surface area (Å²) in [5.41, 5.74) is 0. The molecule has 0 heterocycles. The third-order valence-electron chi connectivity index (χ3n) is 0.771. The second-order valence-corrected chi connectivity index (χ2v) is 2.21. The molecule has 0 spiro atoms. The van der Waals surface area contributed by atoms with Gasteiger partial charge in [-0.2, -0.15) is 0 Å². The van der Waals surface area contributed by atoms with Crippen molar-refractivity contribution in [3.63, 3.8) is 0 Å². The molecule has 0 saturated carbocycles. The lowest BCUT2D eigenvalue weighted by Gasteiger charge is -1.97. The van der Waals surface area contributed by atoms with E-state index >= 15 is 0 Å². The van der Waals surface area contributed by atoms with E-state index in [1.54, 1.807) is 6.92 Å². The molecule has 0 bridgehead atoms. The van der Waals surface area contributed by atoms with Crippen LogP contribution in [0.4, 0.5) is 0 Å². The summed E-state index contributed by atoms with van der Waals surface area (Å²) in [6.45, 7) is 7.10. The van der Waals surface area contributed by atoms with Gasteiger partial charge in [-0.15, -0.1) is 0 Å². The van der Waals surface area contributed by atoms with Gasteiger partial charge in [-0.05, 0) is 18.9 Å². The van der Waals surface area contributed by atoms with Gasteiger partial charge in [0.1, 0.15) is 5.76 Å². The van der Waals surface area contributed by atoms with Crippen molar-refractivity contribution in [1.29, 1.82) is 0 Å². The highest BCUT2D eigenvalue weighted by Crippen LogP contribution is 2.00. The minimum absolute atomic E-state index is 0.415. The number of allylic oxidation sites excluding steroid dienone is 2. The smallest absolute Gasteiger partial charge is 0.422 e. The first-order valence-electron chi connectivity index (χ1n) is 2.89. The van der Waals surface area contributed by atoms with Crippen LogP contribution in [0.1, 0.15) is 20.8 Å². The number of rotatable bonds is 3. The first-order valence-corrected chi connectivity index (χ1v) is 2.89. The van der Waals surface area contributed by atoms with Gasteiger partial charge in [-0.3, -0.25) is 0 Å². The van der Waals surface area contributed by atoms with E-state index in [1.807, 2.05) is 19.9 Å². The van der Waals surface area contributed by atoms with Gasteiger partial charge in [0.15, 0.2) is 0 Å². The maximum Gasteiger partial charge on any atom is 0.422 e. The maximum atomic E-state index is 9.61. The van der Waals surface area contributed by atoms with Crippen molar-refractivity contribution in [2.45, 2.75) is 20.8 Å². The Morgan fingerprint density at radius 3 is 2.56 bits per heavy atom. The standard InChI is InChI=1S/C7H11O2/c1-6(2)4-7(3)9-5-8/h4,6H,1-3H3. The monoisotopic (exact) mass is 127 g/mol. The van der Waals surface area contributed by atoms with Crippen molar-refractivity contribution < 1.29 is 9.53 Å². The fraction of sp³-hybridized carbons (Fsp3) is 0.571. The molecular formula is C7H11O2. The molecule has 0 aromatic heterocycles. The summed E-state index contributed by atoms with van der Waals surface area (Å²) < 4.78 is 4.41. The number of hydrogen-bond donors (Lipinski definition) is 0. The van der Waals surface area contributed by atoms with Crippen LogP contribution in [-0.2, 0) is 9.53 Å². The summed E-state index contributed by atoms with van der Waals surface area (Å²) in [6.07, 6.45) is 1.85. The van der Waals surface area contributed by atoms with Crippen LogP contribution in [0.3, 0.4) is 0 Å². The molecule has 0 aliphatic heterocycles. The molecule has 1 radical (unpaired) electrons. The van der Waals surface area contributed by atoms with Gasteiger partial charge < -0.3 is 4.74 Å². The van der Waals surface area contributed by atoms with Gasteiger partial charge in [0.25, 0.3) is 0 Å². The molecule has 0 amide bonds. The van der Waals surface area contributed by atoms with Crippen LogP contribution in [0.15, 0.2) is 11.8 Å². The fourth-order valence-corrected chi connectivity index (χ4v) is 0.569. The van der Waals surface area contributed by atoms with Crippen molar-refractivity contribution >= 4 is 6.47 Å². The Bertz CT molecular complexity index is 114. The molecule has 9 heavy (non-hydrogen) atoms. The summed E-state index contributed by atoms with van der Waals surface area (Å²) in [4.78, 5) is 9.61. The van der Waals surface area contributed by atoms with Crippen LogP contribution in [-0.4, -0.2) is 6.47 Å². The third-order valence-corrected chi connectivity index (χ3v) is 0.771. The molecule has 0 N–H and O–H groups in total. The largest absolute Gasteiger partial charge is 0.423 e. The molecule has 0 aromatic carbocycles. The Balaban J connectivity index is 3.68. The molecule has 0 unspecified atom stereocenters. The minimum Gasteiger partial charge on any atom is -0.423 e. The molecule has 0 rings (SSSR count). The van der Waals surface area contributed by atoms with Crippen LogP contribution >= 0.6 is 0 Å². The highest BCUT2D eigenvalue weighted by atomic mass is 16.5. The molecular weight excluding hydrogens is 116 g/mol. The molecule has 0 aliphatic carbocycles. The lowest BCUT2D eigenvalue weighted by Crippen LogP contribution is -1.87. The van der Waals surface area contributed by atoms with E-state index in [0.717, 1.165) is 0 Å². The Hall–Kier alpha value is -0.790. The zero-order valence-corrected chi connectivity index (χ0v) is 5.97. The van der Waals surface area contributed by atoms with E-state index in [1.165, 1.54) is 6.47 Å². The van der Waals surface area contributed by atoms with E-state index in [2.05, 4.69) is 4.74 Å². The second kappa shape index (κ2) is 4.13. The molecule has 2 heteroatoms. The van der Waals surface area contributed by atoms with Crippen LogP contribution in [0.2, 0.25) is 0 Å². The summed E-state index contributed by atoms with van der Waals surface area (Å²) in [5.74, 6) is 1.03. The molecule has 0 saturated heterocycles. The highest BCUT2D eigenvalue weighted by molar-refractivity contribution is 5.40. The van der Waals surface area contributed by atoms with Gasteiger partial charge >= 0.3 is 6.47 Å². The van der Waals surface area contributed by atoms with Crippen LogP contribution in [0.5, 0.6) is 0 Å². The van der Waals surface area contributed by atoms with Gasteiger partial charge in [0, 0.05) is 0 Å². The first-order chi connectivity index (χ1) is 4.16. The molecule has 51 valence electrons. The predicted molar refractivity (Wildman–Crippen MR) is 35.4 cm³/mol. The van der Waals surface area contributed by atoms with E-state index < -0.39 is 0 Å². The number of hydrogen-bond acceptors (Lipinski definition) is 2. The zero-order chi connectivity index (χ0) is 7.28. The Kier molecular flexibility index (Phi) is 3.76. The lowest BCUT2D eigenvalue weighted by atomic mass is 10.2. The lowest BCUT2D eigenvalue weighted by molar-refractivity contribution is 0.360. The molecule has 0 fully saturated rings. The van der Waals surface area contributed by atoms with Gasteiger partial charge in [-0.25, -0.2) is 4.79 Å². The Morgan fingerprint density at radius 1 is 1.67 bits per heavy atom. The SMILES string of the molecule is CC(=CC(C)C)O[C]=O. The third kappa shape index (κ3) is 5.07. The summed E-state index contributed by atoms with van der Waals surface area (Å²) in [6, 6.07) is 0. The fourth-order valence-electron chi connectivity index (χ4n) is 0.569. The average Bonchev–Trinajstić information content (AvgIpc) is 1.63. The van der Waals surface area contributed by atoms with Gasteiger partial charge in [0.2, 0.25) is 0 Å². The zero-order valence-electron chi connectivity index (χ0n) is 5.97.